The number of piperazine rings is 1. The second kappa shape index (κ2) is 10.3. The Kier molecular flexibility index (Phi) is 7.78. The normalized spacial score (nSPS) is 14.8. The summed E-state index contributed by atoms with van der Waals surface area (Å²) in [5.74, 6) is 0.656. The third kappa shape index (κ3) is 5.16. The first kappa shape index (κ1) is 22.6. The number of aromatic nitrogens is 3. The van der Waals surface area contributed by atoms with Crippen LogP contribution in [-0.4, -0.2) is 52.4 Å². The molecule has 2 aromatic heterocycles. The van der Waals surface area contributed by atoms with Gasteiger partial charge in [-0.25, -0.2) is 9.67 Å². The van der Waals surface area contributed by atoms with Crippen LogP contribution in [0, 0.1) is 6.92 Å². The number of hydrogen-bond acceptors (Lipinski definition) is 4. The molecular formula is C22H24Cl3N5. The Bertz CT molecular complexity index is 1010. The van der Waals surface area contributed by atoms with Crippen LogP contribution in [0.4, 0.5) is 5.69 Å². The van der Waals surface area contributed by atoms with E-state index in [0.717, 1.165) is 49.0 Å². The standard InChI is InChI=1S/C22H23Cl2N5.ClH/c1-17-18(16-26-29(17)22-21(24)8-3-9-25-22)5-4-10-27-11-13-28(14-12-27)20-7-2-6-19(23)15-20;/h2-9,15-16H,10-14H2,1H3;1H/b5-4+;. The van der Waals surface area contributed by atoms with Gasteiger partial charge in [0, 0.05) is 55.2 Å². The molecule has 4 rings (SSSR count). The maximum atomic E-state index is 6.25. The van der Waals surface area contributed by atoms with Crippen molar-refractivity contribution in [3.05, 3.63) is 76.2 Å². The third-order valence-corrected chi connectivity index (χ3v) is 5.72. The summed E-state index contributed by atoms with van der Waals surface area (Å²) >= 11 is 12.4. The predicted octanol–water partition coefficient (Wildman–Crippen LogP) is 5.14. The second-order valence-electron chi connectivity index (χ2n) is 7.08. The van der Waals surface area contributed by atoms with Gasteiger partial charge in [0.05, 0.1) is 16.9 Å². The Morgan fingerprint density at radius 2 is 1.87 bits per heavy atom. The third-order valence-electron chi connectivity index (χ3n) is 5.19. The molecule has 158 valence electrons. The van der Waals surface area contributed by atoms with Crippen LogP contribution in [0.1, 0.15) is 11.3 Å². The van der Waals surface area contributed by atoms with Crippen molar-refractivity contribution in [2.45, 2.75) is 6.92 Å². The lowest BCUT2D eigenvalue weighted by Gasteiger charge is -2.35. The molecule has 0 atom stereocenters. The van der Waals surface area contributed by atoms with Gasteiger partial charge >= 0.3 is 0 Å². The fourth-order valence-electron chi connectivity index (χ4n) is 3.52. The van der Waals surface area contributed by atoms with Gasteiger partial charge in [0.1, 0.15) is 0 Å². The fourth-order valence-corrected chi connectivity index (χ4v) is 3.91. The highest BCUT2D eigenvalue weighted by atomic mass is 35.5. The monoisotopic (exact) mass is 463 g/mol. The Hall–Kier alpha value is -2.05. The largest absolute Gasteiger partial charge is 0.369 e. The smallest absolute Gasteiger partial charge is 0.172 e. The van der Waals surface area contributed by atoms with Crippen LogP contribution in [0.15, 0.2) is 54.9 Å². The van der Waals surface area contributed by atoms with Gasteiger partial charge < -0.3 is 4.90 Å². The number of rotatable bonds is 5. The maximum absolute atomic E-state index is 6.25. The minimum Gasteiger partial charge on any atom is -0.369 e. The number of pyridine rings is 1. The molecule has 3 aromatic rings. The first-order valence-corrected chi connectivity index (χ1v) is 10.4. The quantitative estimate of drug-likeness (QED) is 0.524. The molecule has 1 aliphatic heterocycles. The van der Waals surface area contributed by atoms with Gasteiger partial charge in [-0.15, -0.1) is 12.4 Å². The average molecular weight is 465 g/mol. The van der Waals surface area contributed by atoms with Crippen molar-refractivity contribution in [2.24, 2.45) is 0 Å². The maximum Gasteiger partial charge on any atom is 0.172 e. The first-order valence-electron chi connectivity index (χ1n) is 9.67. The topological polar surface area (TPSA) is 37.2 Å². The Morgan fingerprint density at radius 1 is 1.07 bits per heavy atom. The van der Waals surface area contributed by atoms with Gasteiger partial charge in [0.25, 0.3) is 0 Å². The van der Waals surface area contributed by atoms with E-state index < -0.39 is 0 Å². The number of hydrogen-bond donors (Lipinski definition) is 0. The molecule has 0 bridgehead atoms. The molecule has 1 aliphatic rings. The second-order valence-corrected chi connectivity index (χ2v) is 7.92. The lowest BCUT2D eigenvalue weighted by molar-refractivity contribution is 0.284. The fraction of sp³-hybridized carbons (Fsp3) is 0.273. The molecule has 0 N–H and O–H groups in total. The molecule has 0 radical (unpaired) electrons. The molecule has 0 unspecified atom stereocenters. The summed E-state index contributed by atoms with van der Waals surface area (Å²) in [5.41, 5.74) is 3.29. The van der Waals surface area contributed by atoms with E-state index in [-0.39, 0.29) is 12.4 Å². The molecule has 3 heterocycles. The van der Waals surface area contributed by atoms with E-state index in [9.17, 15) is 0 Å². The van der Waals surface area contributed by atoms with E-state index in [1.54, 1.807) is 10.9 Å². The van der Waals surface area contributed by atoms with Crippen LogP contribution >= 0.6 is 35.6 Å². The Labute approximate surface area is 193 Å². The molecule has 30 heavy (non-hydrogen) atoms. The lowest BCUT2D eigenvalue weighted by Crippen LogP contribution is -2.46. The molecule has 0 aliphatic carbocycles. The van der Waals surface area contributed by atoms with E-state index in [1.165, 1.54) is 5.69 Å². The Morgan fingerprint density at radius 3 is 2.60 bits per heavy atom. The first-order chi connectivity index (χ1) is 14.1. The van der Waals surface area contributed by atoms with Crippen molar-refractivity contribution in [3.63, 3.8) is 0 Å². The Balaban J connectivity index is 0.00000256. The average Bonchev–Trinajstić information content (AvgIpc) is 3.09. The van der Waals surface area contributed by atoms with Crippen LogP contribution in [0.25, 0.3) is 11.9 Å². The highest BCUT2D eigenvalue weighted by Gasteiger charge is 2.16. The van der Waals surface area contributed by atoms with Crippen molar-refractivity contribution in [1.82, 2.24) is 19.7 Å². The number of benzene rings is 1. The summed E-state index contributed by atoms with van der Waals surface area (Å²) in [4.78, 5) is 9.17. The summed E-state index contributed by atoms with van der Waals surface area (Å²) in [7, 11) is 0. The minimum absolute atomic E-state index is 0. The van der Waals surface area contributed by atoms with Crippen molar-refractivity contribution < 1.29 is 0 Å². The zero-order chi connectivity index (χ0) is 20.2. The van der Waals surface area contributed by atoms with Crippen molar-refractivity contribution in [3.8, 4) is 5.82 Å². The number of anilines is 1. The summed E-state index contributed by atoms with van der Waals surface area (Å²) < 4.78 is 1.78. The summed E-state index contributed by atoms with van der Waals surface area (Å²) in [6.07, 6.45) is 7.90. The highest BCUT2D eigenvalue weighted by Crippen LogP contribution is 2.22. The van der Waals surface area contributed by atoms with E-state index in [4.69, 9.17) is 23.2 Å². The van der Waals surface area contributed by atoms with Crippen molar-refractivity contribution in [1.29, 1.82) is 0 Å². The van der Waals surface area contributed by atoms with Crippen molar-refractivity contribution >= 4 is 47.4 Å². The molecule has 0 saturated carbocycles. The van der Waals surface area contributed by atoms with Crippen LogP contribution in [0.3, 0.4) is 0 Å². The van der Waals surface area contributed by atoms with Gasteiger partial charge in [0.2, 0.25) is 0 Å². The van der Waals surface area contributed by atoms with E-state index >= 15 is 0 Å². The van der Waals surface area contributed by atoms with Gasteiger partial charge in [-0.2, -0.15) is 5.10 Å². The minimum atomic E-state index is 0. The van der Waals surface area contributed by atoms with Crippen LogP contribution in [0.2, 0.25) is 10.0 Å². The summed E-state index contributed by atoms with van der Waals surface area (Å²) in [6, 6.07) is 11.7. The van der Waals surface area contributed by atoms with Crippen LogP contribution in [-0.2, 0) is 0 Å². The molecular weight excluding hydrogens is 441 g/mol. The summed E-state index contributed by atoms with van der Waals surface area (Å²) in [5, 5.41) is 5.83. The van der Waals surface area contributed by atoms with Crippen molar-refractivity contribution in [2.75, 3.05) is 37.6 Å². The van der Waals surface area contributed by atoms with Crippen LogP contribution in [0.5, 0.6) is 0 Å². The van der Waals surface area contributed by atoms with Gasteiger partial charge in [-0.05, 0) is 37.3 Å². The van der Waals surface area contributed by atoms with Gasteiger partial charge in [0.15, 0.2) is 5.82 Å². The molecule has 0 spiro atoms. The molecule has 8 heteroatoms. The SMILES string of the molecule is Cc1c(/C=C/CN2CCN(c3cccc(Cl)c3)CC2)cnn1-c1ncccc1Cl.Cl. The zero-order valence-corrected chi connectivity index (χ0v) is 19.0. The van der Waals surface area contributed by atoms with E-state index in [1.807, 2.05) is 43.5 Å². The number of halogens is 3. The van der Waals surface area contributed by atoms with E-state index in [2.05, 4.69) is 38.1 Å². The summed E-state index contributed by atoms with van der Waals surface area (Å²) in [6.45, 7) is 7.00. The molecule has 1 aromatic carbocycles. The molecule has 1 fully saturated rings. The lowest BCUT2D eigenvalue weighted by atomic mass is 10.2. The molecule has 1 saturated heterocycles. The zero-order valence-electron chi connectivity index (χ0n) is 16.7. The van der Waals surface area contributed by atoms with Gasteiger partial charge in [-0.3, -0.25) is 4.90 Å². The predicted molar refractivity (Wildman–Crippen MR) is 127 cm³/mol. The molecule has 5 nitrogen and oxygen atoms in total. The van der Waals surface area contributed by atoms with Gasteiger partial charge in [-0.1, -0.05) is 41.4 Å². The highest BCUT2D eigenvalue weighted by molar-refractivity contribution is 6.32. The number of nitrogens with zero attached hydrogens (tertiary/aromatic N) is 5. The van der Waals surface area contributed by atoms with Crippen LogP contribution < -0.4 is 4.90 Å². The van der Waals surface area contributed by atoms with E-state index in [0.29, 0.717) is 10.8 Å². The molecule has 0 amide bonds.